The summed E-state index contributed by atoms with van der Waals surface area (Å²) < 4.78 is 13.8. The number of urea groups is 1. The van der Waals surface area contributed by atoms with Crippen molar-refractivity contribution in [3.8, 4) is 0 Å². The van der Waals surface area contributed by atoms with Gasteiger partial charge in [-0.2, -0.15) is 0 Å². The lowest BCUT2D eigenvalue weighted by Gasteiger charge is -2.22. The lowest BCUT2D eigenvalue weighted by atomic mass is 10.2. The molecule has 0 radical (unpaired) electrons. The second kappa shape index (κ2) is 6.85. The number of nitrogens with zero attached hydrogens (tertiary/aromatic N) is 1. The number of carbonyl (C=O) groups excluding carboxylic acids is 1. The van der Waals surface area contributed by atoms with Crippen molar-refractivity contribution in [1.29, 1.82) is 0 Å². The third kappa shape index (κ3) is 3.58. The number of hydrogen-bond acceptors (Lipinski definition) is 2. The van der Waals surface area contributed by atoms with Gasteiger partial charge in [0.25, 0.3) is 0 Å². The number of para-hydroxylation sites is 1. The highest BCUT2D eigenvalue weighted by atomic mass is 19.1. The summed E-state index contributed by atoms with van der Waals surface area (Å²) >= 11 is 0. The Labute approximate surface area is 123 Å². The number of nitrogens with one attached hydrogen (secondary N) is 1. The normalized spacial score (nSPS) is 10.2. The molecule has 2 aromatic rings. The highest BCUT2D eigenvalue weighted by molar-refractivity contribution is 6.01. The van der Waals surface area contributed by atoms with Crippen LogP contribution in [0.15, 0.2) is 48.5 Å². The summed E-state index contributed by atoms with van der Waals surface area (Å²) in [6.45, 7) is 2.61. The third-order valence-corrected chi connectivity index (χ3v) is 3.15. The van der Waals surface area contributed by atoms with Gasteiger partial charge in [-0.1, -0.05) is 24.3 Å². The number of nitrogens with two attached hydrogens (primary N) is 1. The number of amides is 2. The van der Waals surface area contributed by atoms with Crippen molar-refractivity contribution in [3.63, 3.8) is 0 Å². The molecule has 0 aliphatic carbocycles. The van der Waals surface area contributed by atoms with E-state index in [-0.39, 0.29) is 11.7 Å². The van der Waals surface area contributed by atoms with Crippen molar-refractivity contribution in [2.24, 2.45) is 5.73 Å². The molecule has 0 saturated heterocycles. The molecule has 0 aliphatic rings. The Balaban J connectivity index is 2.15. The maximum Gasteiger partial charge on any atom is 0.326 e. The van der Waals surface area contributed by atoms with Crippen LogP contribution in [0.1, 0.15) is 12.5 Å². The van der Waals surface area contributed by atoms with Crippen LogP contribution in [-0.2, 0) is 6.54 Å². The third-order valence-electron chi connectivity index (χ3n) is 3.15. The van der Waals surface area contributed by atoms with Gasteiger partial charge >= 0.3 is 6.03 Å². The van der Waals surface area contributed by atoms with Crippen LogP contribution in [0.4, 0.5) is 20.6 Å². The fourth-order valence-corrected chi connectivity index (χ4v) is 2.01. The van der Waals surface area contributed by atoms with Gasteiger partial charge in [0.2, 0.25) is 0 Å². The van der Waals surface area contributed by atoms with E-state index in [9.17, 15) is 9.18 Å². The van der Waals surface area contributed by atoms with Crippen LogP contribution in [0.3, 0.4) is 0 Å². The maximum atomic E-state index is 13.8. The first-order chi connectivity index (χ1) is 10.2. The van der Waals surface area contributed by atoms with Gasteiger partial charge in [-0.25, -0.2) is 9.18 Å². The van der Waals surface area contributed by atoms with Gasteiger partial charge in [0.05, 0.1) is 5.69 Å². The van der Waals surface area contributed by atoms with E-state index >= 15 is 0 Å². The SMILES string of the molecule is CCN(C(=O)Nc1ccc(CN)cc1)c1ccccc1F. The molecule has 0 saturated carbocycles. The van der Waals surface area contributed by atoms with E-state index in [1.807, 2.05) is 12.1 Å². The van der Waals surface area contributed by atoms with Gasteiger partial charge in [0.15, 0.2) is 0 Å². The summed E-state index contributed by atoms with van der Waals surface area (Å²) in [5.41, 5.74) is 7.41. The van der Waals surface area contributed by atoms with Crippen LogP contribution >= 0.6 is 0 Å². The Morgan fingerprint density at radius 1 is 1.19 bits per heavy atom. The maximum absolute atomic E-state index is 13.8. The van der Waals surface area contributed by atoms with Crippen LogP contribution in [-0.4, -0.2) is 12.6 Å². The molecular formula is C16H18FN3O. The predicted molar refractivity (Wildman–Crippen MR) is 82.8 cm³/mol. The molecule has 4 nitrogen and oxygen atoms in total. The van der Waals surface area contributed by atoms with E-state index in [0.29, 0.717) is 18.8 Å². The van der Waals surface area contributed by atoms with E-state index in [1.54, 1.807) is 37.3 Å². The van der Waals surface area contributed by atoms with Gasteiger partial charge in [-0.15, -0.1) is 0 Å². The standard InChI is InChI=1S/C16H18FN3O/c1-2-20(15-6-4-3-5-14(15)17)16(21)19-13-9-7-12(11-18)8-10-13/h3-10H,2,11,18H2,1H3,(H,19,21). The first-order valence-corrected chi connectivity index (χ1v) is 6.77. The molecule has 0 unspecified atom stereocenters. The summed E-state index contributed by atoms with van der Waals surface area (Å²) in [5.74, 6) is -0.423. The highest BCUT2D eigenvalue weighted by Crippen LogP contribution is 2.20. The molecule has 21 heavy (non-hydrogen) atoms. The van der Waals surface area contributed by atoms with E-state index in [1.165, 1.54) is 11.0 Å². The van der Waals surface area contributed by atoms with E-state index in [0.717, 1.165) is 5.56 Å². The second-order valence-corrected chi connectivity index (χ2v) is 4.53. The molecule has 3 N–H and O–H groups in total. The van der Waals surface area contributed by atoms with Crippen LogP contribution in [0.25, 0.3) is 0 Å². The van der Waals surface area contributed by atoms with E-state index in [4.69, 9.17) is 5.73 Å². The van der Waals surface area contributed by atoms with Crippen LogP contribution in [0.5, 0.6) is 0 Å². The molecule has 0 atom stereocenters. The summed E-state index contributed by atoms with van der Waals surface area (Å²) in [4.78, 5) is 13.6. The quantitative estimate of drug-likeness (QED) is 0.906. The molecule has 0 spiro atoms. The number of benzene rings is 2. The van der Waals surface area contributed by atoms with Crippen molar-refractivity contribution >= 4 is 17.4 Å². The van der Waals surface area contributed by atoms with Crippen molar-refractivity contribution in [2.75, 3.05) is 16.8 Å². The molecule has 0 bridgehead atoms. The Kier molecular flexibility index (Phi) is 4.90. The lowest BCUT2D eigenvalue weighted by molar-refractivity contribution is 0.257. The molecule has 110 valence electrons. The molecule has 0 heterocycles. The molecule has 0 aromatic heterocycles. The van der Waals surface area contributed by atoms with Gasteiger partial charge in [-0.3, -0.25) is 4.90 Å². The van der Waals surface area contributed by atoms with Crippen LogP contribution in [0.2, 0.25) is 0 Å². The van der Waals surface area contributed by atoms with Crippen LogP contribution < -0.4 is 16.0 Å². The number of carbonyl (C=O) groups is 1. The minimum atomic E-state index is -0.423. The average molecular weight is 287 g/mol. The van der Waals surface area contributed by atoms with Crippen molar-refractivity contribution in [2.45, 2.75) is 13.5 Å². The first kappa shape index (κ1) is 15.0. The summed E-state index contributed by atoms with van der Waals surface area (Å²) in [6.07, 6.45) is 0. The Morgan fingerprint density at radius 3 is 2.43 bits per heavy atom. The van der Waals surface area contributed by atoms with Crippen molar-refractivity contribution < 1.29 is 9.18 Å². The van der Waals surface area contributed by atoms with Gasteiger partial charge in [-0.05, 0) is 36.8 Å². The second-order valence-electron chi connectivity index (χ2n) is 4.53. The van der Waals surface area contributed by atoms with E-state index in [2.05, 4.69) is 5.32 Å². The Morgan fingerprint density at radius 2 is 1.86 bits per heavy atom. The molecular weight excluding hydrogens is 269 g/mol. The largest absolute Gasteiger partial charge is 0.326 e. The zero-order chi connectivity index (χ0) is 15.2. The summed E-state index contributed by atoms with van der Waals surface area (Å²) in [5, 5.41) is 2.75. The minimum Gasteiger partial charge on any atom is -0.326 e. The molecule has 0 fully saturated rings. The lowest BCUT2D eigenvalue weighted by Crippen LogP contribution is -2.35. The van der Waals surface area contributed by atoms with E-state index < -0.39 is 5.82 Å². The van der Waals surface area contributed by atoms with Gasteiger partial charge < -0.3 is 11.1 Å². The molecule has 0 aliphatic heterocycles. The monoisotopic (exact) mass is 287 g/mol. The number of rotatable bonds is 4. The Hall–Kier alpha value is -2.40. The molecule has 5 heteroatoms. The minimum absolute atomic E-state index is 0.260. The zero-order valence-electron chi connectivity index (χ0n) is 11.8. The molecule has 2 aromatic carbocycles. The number of hydrogen-bond donors (Lipinski definition) is 2. The van der Waals surface area contributed by atoms with Crippen molar-refractivity contribution in [1.82, 2.24) is 0 Å². The summed E-state index contributed by atoms with van der Waals surface area (Å²) in [6, 6.07) is 13.1. The predicted octanol–water partition coefficient (Wildman–Crippen LogP) is 3.34. The average Bonchev–Trinajstić information content (AvgIpc) is 2.50. The number of halogens is 1. The zero-order valence-corrected chi connectivity index (χ0v) is 11.8. The highest BCUT2D eigenvalue weighted by Gasteiger charge is 2.17. The van der Waals surface area contributed by atoms with Crippen LogP contribution in [0, 0.1) is 5.82 Å². The van der Waals surface area contributed by atoms with Gasteiger partial charge in [0.1, 0.15) is 5.82 Å². The first-order valence-electron chi connectivity index (χ1n) is 6.77. The molecule has 2 rings (SSSR count). The number of anilines is 2. The van der Waals surface area contributed by atoms with Gasteiger partial charge in [0, 0.05) is 18.8 Å². The molecule has 2 amide bonds. The fourth-order valence-electron chi connectivity index (χ4n) is 2.01. The summed E-state index contributed by atoms with van der Waals surface area (Å²) in [7, 11) is 0. The topological polar surface area (TPSA) is 58.4 Å². The smallest absolute Gasteiger partial charge is 0.326 e. The fraction of sp³-hybridized carbons (Fsp3) is 0.188. The Bertz CT molecular complexity index is 613. The van der Waals surface area contributed by atoms with Crippen molar-refractivity contribution in [3.05, 3.63) is 59.9 Å².